The Kier molecular flexibility index (Phi) is 4.57. The average molecular weight is 339 g/mol. The van der Waals surface area contributed by atoms with Crippen molar-refractivity contribution in [2.24, 2.45) is 0 Å². The molecular weight excluding hydrogens is 322 g/mol. The number of thiazole rings is 1. The van der Waals surface area contributed by atoms with Gasteiger partial charge in [0, 0.05) is 22.3 Å². The normalized spacial score (nSPS) is 10.5. The molecule has 0 aliphatic carbocycles. The van der Waals surface area contributed by atoms with E-state index in [-0.39, 0.29) is 5.91 Å². The minimum atomic E-state index is -0.211. The third-order valence-electron chi connectivity index (χ3n) is 3.55. The van der Waals surface area contributed by atoms with Crippen LogP contribution >= 0.6 is 11.3 Å². The van der Waals surface area contributed by atoms with E-state index < -0.39 is 0 Å². The van der Waals surface area contributed by atoms with Gasteiger partial charge in [-0.15, -0.1) is 11.3 Å². The van der Waals surface area contributed by atoms with Gasteiger partial charge in [0.1, 0.15) is 5.75 Å². The fraction of sp³-hybridized carbons (Fsp3) is 0.167. The predicted octanol–water partition coefficient (Wildman–Crippen LogP) is 4.08. The van der Waals surface area contributed by atoms with Crippen molar-refractivity contribution >= 4 is 22.4 Å². The van der Waals surface area contributed by atoms with Gasteiger partial charge >= 0.3 is 0 Å². The summed E-state index contributed by atoms with van der Waals surface area (Å²) in [5, 5.41) is 3.41. The van der Waals surface area contributed by atoms with Crippen LogP contribution in [0.25, 0.3) is 11.3 Å². The molecule has 24 heavy (non-hydrogen) atoms. The predicted molar refractivity (Wildman–Crippen MR) is 95.8 cm³/mol. The number of aromatic nitrogens is 2. The van der Waals surface area contributed by atoms with Gasteiger partial charge in [0.15, 0.2) is 5.13 Å². The maximum absolute atomic E-state index is 12.3. The first kappa shape index (κ1) is 16.1. The number of hydrogen-bond donors (Lipinski definition) is 1. The van der Waals surface area contributed by atoms with Gasteiger partial charge in [0.05, 0.1) is 18.4 Å². The van der Waals surface area contributed by atoms with Gasteiger partial charge in [0.25, 0.3) is 5.91 Å². The molecule has 2 aromatic heterocycles. The van der Waals surface area contributed by atoms with Crippen LogP contribution in [0.2, 0.25) is 0 Å². The molecule has 1 N–H and O–H groups in total. The number of nitrogens with one attached hydrogen (secondary N) is 1. The lowest BCUT2D eigenvalue weighted by molar-refractivity contribution is 0.102. The molecule has 6 heteroatoms. The quantitative estimate of drug-likeness (QED) is 0.778. The fourth-order valence-corrected chi connectivity index (χ4v) is 3.07. The topological polar surface area (TPSA) is 64.1 Å². The van der Waals surface area contributed by atoms with Crippen LogP contribution in [-0.4, -0.2) is 23.0 Å². The molecule has 1 aromatic carbocycles. The molecule has 0 fully saturated rings. The molecule has 0 bridgehead atoms. The second-order valence-corrected chi connectivity index (χ2v) is 6.50. The molecule has 2 heterocycles. The highest BCUT2D eigenvalue weighted by atomic mass is 32.1. The van der Waals surface area contributed by atoms with E-state index >= 15 is 0 Å². The van der Waals surface area contributed by atoms with Crippen molar-refractivity contribution in [1.82, 2.24) is 9.97 Å². The first-order chi connectivity index (χ1) is 11.6. The van der Waals surface area contributed by atoms with E-state index in [1.54, 1.807) is 19.4 Å². The van der Waals surface area contributed by atoms with E-state index in [1.165, 1.54) is 11.3 Å². The Morgan fingerprint density at radius 3 is 2.50 bits per heavy atom. The van der Waals surface area contributed by atoms with Crippen LogP contribution in [0.4, 0.5) is 5.13 Å². The molecule has 3 rings (SSSR count). The molecule has 0 radical (unpaired) electrons. The van der Waals surface area contributed by atoms with Crippen LogP contribution in [0.1, 0.15) is 20.9 Å². The Balaban J connectivity index is 1.80. The van der Waals surface area contributed by atoms with Gasteiger partial charge in [-0.25, -0.2) is 4.98 Å². The van der Waals surface area contributed by atoms with Crippen molar-refractivity contribution in [2.45, 2.75) is 13.8 Å². The Morgan fingerprint density at radius 1 is 1.12 bits per heavy atom. The van der Waals surface area contributed by atoms with Gasteiger partial charge in [-0.05, 0) is 50.2 Å². The summed E-state index contributed by atoms with van der Waals surface area (Å²) in [5.41, 5.74) is 3.24. The smallest absolute Gasteiger partial charge is 0.259 e. The molecule has 3 aromatic rings. The minimum Gasteiger partial charge on any atom is -0.497 e. The number of methoxy groups -OCH3 is 1. The zero-order valence-electron chi connectivity index (χ0n) is 13.7. The number of anilines is 1. The Hall–Kier alpha value is -2.73. The Labute approximate surface area is 144 Å². The van der Waals surface area contributed by atoms with E-state index in [0.717, 1.165) is 27.6 Å². The van der Waals surface area contributed by atoms with Crippen molar-refractivity contribution in [3.63, 3.8) is 0 Å². The summed E-state index contributed by atoms with van der Waals surface area (Å²) in [4.78, 5) is 22.0. The van der Waals surface area contributed by atoms with Crippen molar-refractivity contribution < 1.29 is 9.53 Å². The summed E-state index contributed by atoms with van der Waals surface area (Å²) >= 11 is 1.45. The molecule has 0 aliphatic heterocycles. The summed E-state index contributed by atoms with van der Waals surface area (Å²) < 4.78 is 5.17. The number of nitrogens with zero attached hydrogens (tertiary/aromatic N) is 2. The first-order valence-corrected chi connectivity index (χ1v) is 8.24. The Morgan fingerprint density at radius 2 is 1.88 bits per heavy atom. The van der Waals surface area contributed by atoms with E-state index in [2.05, 4.69) is 15.3 Å². The van der Waals surface area contributed by atoms with Crippen molar-refractivity contribution in [3.05, 3.63) is 58.7 Å². The number of rotatable bonds is 4. The molecule has 0 atom stereocenters. The summed E-state index contributed by atoms with van der Waals surface area (Å²) in [6.45, 7) is 3.87. The van der Waals surface area contributed by atoms with Gasteiger partial charge < -0.3 is 4.74 Å². The van der Waals surface area contributed by atoms with Gasteiger partial charge in [0.2, 0.25) is 0 Å². The third kappa shape index (κ3) is 3.44. The highest BCUT2D eigenvalue weighted by Gasteiger charge is 2.13. The summed E-state index contributed by atoms with van der Waals surface area (Å²) in [6, 6.07) is 11.3. The maximum atomic E-state index is 12.3. The number of benzene rings is 1. The average Bonchev–Trinajstić information content (AvgIpc) is 2.95. The number of hydrogen-bond acceptors (Lipinski definition) is 5. The van der Waals surface area contributed by atoms with Crippen LogP contribution in [0.15, 0.2) is 42.6 Å². The molecule has 0 unspecified atom stereocenters. The summed E-state index contributed by atoms with van der Waals surface area (Å²) in [6.07, 6.45) is 1.56. The molecule has 0 spiro atoms. The number of aryl methyl sites for hydroxylation is 2. The fourth-order valence-electron chi connectivity index (χ4n) is 2.24. The maximum Gasteiger partial charge on any atom is 0.259 e. The van der Waals surface area contributed by atoms with Gasteiger partial charge in [-0.1, -0.05) is 0 Å². The van der Waals surface area contributed by atoms with Crippen LogP contribution < -0.4 is 10.1 Å². The zero-order chi connectivity index (χ0) is 17.1. The van der Waals surface area contributed by atoms with Crippen LogP contribution in [0, 0.1) is 13.8 Å². The standard InChI is InChI=1S/C18H17N3O2S/c1-11-4-5-14(10-19-11)17(22)21-18-20-16(12(2)24-18)13-6-8-15(23-3)9-7-13/h4-10H,1-3H3,(H,20,21,22). The van der Waals surface area contributed by atoms with Crippen LogP contribution in [0.5, 0.6) is 5.75 Å². The molecule has 1 amide bonds. The molecule has 0 saturated carbocycles. The summed E-state index contributed by atoms with van der Waals surface area (Å²) in [5.74, 6) is 0.588. The van der Waals surface area contributed by atoms with Crippen molar-refractivity contribution in [3.8, 4) is 17.0 Å². The summed E-state index contributed by atoms with van der Waals surface area (Å²) in [7, 11) is 1.64. The lowest BCUT2D eigenvalue weighted by atomic mass is 10.1. The van der Waals surface area contributed by atoms with E-state index in [9.17, 15) is 4.79 Å². The van der Waals surface area contributed by atoms with E-state index in [4.69, 9.17) is 4.74 Å². The monoisotopic (exact) mass is 339 g/mol. The molecule has 5 nitrogen and oxygen atoms in total. The third-order valence-corrected chi connectivity index (χ3v) is 4.44. The zero-order valence-corrected chi connectivity index (χ0v) is 14.5. The lowest BCUT2D eigenvalue weighted by Gasteiger charge is -2.02. The van der Waals surface area contributed by atoms with E-state index in [0.29, 0.717) is 10.7 Å². The van der Waals surface area contributed by atoms with Crippen LogP contribution in [0.3, 0.4) is 0 Å². The largest absolute Gasteiger partial charge is 0.497 e. The number of carbonyl (C=O) groups is 1. The van der Waals surface area contributed by atoms with Crippen molar-refractivity contribution in [1.29, 1.82) is 0 Å². The SMILES string of the molecule is COc1ccc(-c2nc(NC(=O)c3ccc(C)nc3)sc2C)cc1. The minimum absolute atomic E-state index is 0.211. The molecule has 0 aliphatic rings. The number of pyridine rings is 1. The van der Waals surface area contributed by atoms with Gasteiger partial charge in [-0.3, -0.25) is 15.1 Å². The highest BCUT2D eigenvalue weighted by Crippen LogP contribution is 2.31. The Bertz CT molecular complexity index is 855. The van der Waals surface area contributed by atoms with Crippen molar-refractivity contribution in [2.75, 3.05) is 12.4 Å². The number of carbonyl (C=O) groups excluding carboxylic acids is 1. The molecule has 0 saturated heterocycles. The molecular formula is C18H17N3O2S. The van der Waals surface area contributed by atoms with Crippen LogP contribution in [-0.2, 0) is 0 Å². The lowest BCUT2D eigenvalue weighted by Crippen LogP contribution is -2.12. The van der Waals surface area contributed by atoms with Gasteiger partial charge in [-0.2, -0.15) is 0 Å². The first-order valence-electron chi connectivity index (χ1n) is 7.42. The van der Waals surface area contributed by atoms with E-state index in [1.807, 2.05) is 44.2 Å². The number of ether oxygens (including phenoxy) is 1. The second-order valence-electron chi connectivity index (χ2n) is 5.29. The molecule has 122 valence electrons. The highest BCUT2D eigenvalue weighted by molar-refractivity contribution is 7.16. The number of amides is 1. The second kappa shape index (κ2) is 6.80.